The number of aromatic nitrogens is 3. The van der Waals surface area contributed by atoms with Crippen LogP contribution in [0.2, 0.25) is 5.02 Å². The summed E-state index contributed by atoms with van der Waals surface area (Å²) in [7, 11) is 0. The highest BCUT2D eigenvalue weighted by molar-refractivity contribution is 6.36. The van der Waals surface area contributed by atoms with Gasteiger partial charge >= 0.3 is 0 Å². The minimum Gasteiger partial charge on any atom is -0.347 e. The van der Waals surface area contributed by atoms with E-state index < -0.39 is 0 Å². The van der Waals surface area contributed by atoms with Gasteiger partial charge in [-0.05, 0) is 11.6 Å². The first-order chi connectivity index (χ1) is 9.75. The average molecular weight is 287 g/mol. The van der Waals surface area contributed by atoms with E-state index in [-0.39, 0.29) is 16.6 Å². The van der Waals surface area contributed by atoms with Gasteiger partial charge in [-0.1, -0.05) is 41.9 Å². The summed E-state index contributed by atoms with van der Waals surface area (Å²) in [5.74, 6) is -0.315. The summed E-state index contributed by atoms with van der Waals surface area (Å²) < 4.78 is 1.49. The Morgan fingerprint density at radius 2 is 2.05 bits per heavy atom. The van der Waals surface area contributed by atoms with Gasteiger partial charge in [-0.15, -0.1) is 0 Å². The third kappa shape index (κ3) is 2.35. The zero-order valence-corrected chi connectivity index (χ0v) is 11.2. The molecule has 1 aromatic carbocycles. The third-order valence-corrected chi connectivity index (χ3v) is 3.20. The molecule has 2 heterocycles. The van der Waals surface area contributed by atoms with Crippen LogP contribution in [0.1, 0.15) is 16.1 Å². The van der Waals surface area contributed by atoms with Gasteiger partial charge in [-0.2, -0.15) is 5.10 Å². The molecule has 1 N–H and O–H groups in total. The molecule has 0 saturated heterocycles. The lowest BCUT2D eigenvalue weighted by Crippen LogP contribution is -2.23. The zero-order valence-electron chi connectivity index (χ0n) is 10.5. The molecular formula is C14H11ClN4O. The Morgan fingerprint density at radius 3 is 2.80 bits per heavy atom. The number of hydrogen-bond donors (Lipinski definition) is 1. The van der Waals surface area contributed by atoms with Crippen LogP contribution in [0.3, 0.4) is 0 Å². The lowest BCUT2D eigenvalue weighted by Gasteiger charge is -2.03. The van der Waals surface area contributed by atoms with E-state index in [1.165, 1.54) is 4.52 Å². The second-order valence-electron chi connectivity index (χ2n) is 4.22. The van der Waals surface area contributed by atoms with Gasteiger partial charge in [0.05, 0.1) is 0 Å². The monoisotopic (exact) mass is 286 g/mol. The number of halogens is 1. The minimum atomic E-state index is -0.315. The topological polar surface area (TPSA) is 59.3 Å². The molecule has 5 nitrogen and oxygen atoms in total. The number of fused-ring (bicyclic) bond motifs is 1. The molecule has 0 atom stereocenters. The number of carbonyl (C=O) groups excluding carboxylic acids is 1. The summed E-state index contributed by atoms with van der Waals surface area (Å²) in [6, 6.07) is 11.4. The minimum absolute atomic E-state index is 0.182. The molecule has 20 heavy (non-hydrogen) atoms. The van der Waals surface area contributed by atoms with Crippen molar-refractivity contribution in [2.45, 2.75) is 6.54 Å². The summed E-state index contributed by atoms with van der Waals surface area (Å²) in [6.45, 7) is 0.428. The molecule has 0 aliphatic rings. The smallest absolute Gasteiger partial charge is 0.273 e. The molecular weight excluding hydrogens is 276 g/mol. The maximum absolute atomic E-state index is 12.1. The summed E-state index contributed by atoms with van der Waals surface area (Å²) in [4.78, 5) is 16.2. The largest absolute Gasteiger partial charge is 0.347 e. The number of nitrogens with zero attached hydrogens (tertiary/aromatic N) is 3. The summed E-state index contributed by atoms with van der Waals surface area (Å²) in [5, 5.41) is 7.19. The lowest BCUT2D eigenvalue weighted by atomic mass is 10.2. The van der Waals surface area contributed by atoms with Crippen molar-refractivity contribution >= 4 is 23.2 Å². The summed E-state index contributed by atoms with van der Waals surface area (Å²) in [6.07, 6.45) is 3.30. The molecule has 0 aliphatic carbocycles. The van der Waals surface area contributed by atoms with E-state index in [0.29, 0.717) is 12.2 Å². The van der Waals surface area contributed by atoms with E-state index in [2.05, 4.69) is 15.4 Å². The summed E-state index contributed by atoms with van der Waals surface area (Å²) in [5.41, 5.74) is 1.67. The Hall–Kier alpha value is -2.40. The molecule has 2 aromatic heterocycles. The van der Waals surface area contributed by atoms with Gasteiger partial charge in [0, 0.05) is 18.9 Å². The van der Waals surface area contributed by atoms with E-state index in [9.17, 15) is 4.79 Å². The van der Waals surface area contributed by atoms with Crippen molar-refractivity contribution in [3.8, 4) is 0 Å². The van der Waals surface area contributed by atoms with Gasteiger partial charge in [-0.3, -0.25) is 4.79 Å². The highest BCUT2D eigenvalue weighted by Gasteiger charge is 2.18. The standard InChI is InChI=1S/C14H11ClN4O/c15-11-12(18-19-8-4-7-16-13(11)19)14(20)17-9-10-5-2-1-3-6-10/h1-8H,9H2,(H,17,20). The molecule has 0 unspecified atom stereocenters. The Bertz CT molecular complexity index is 754. The van der Waals surface area contributed by atoms with Crippen LogP contribution in [0.25, 0.3) is 5.65 Å². The van der Waals surface area contributed by atoms with Gasteiger partial charge in [0.15, 0.2) is 11.3 Å². The SMILES string of the molecule is O=C(NCc1ccccc1)c1nn2cccnc2c1Cl. The summed E-state index contributed by atoms with van der Waals surface area (Å²) >= 11 is 6.13. The van der Waals surface area contributed by atoms with Crippen molar-refractivity contribution in [3.05, 3.63) is 65.1 Å². The predicted octanol–water partition coefficient (Wildman–Crippen LogP) is 2.31. The molecule has 0 radical (unpaired) electrons. The molecule has 0 aliphatic heterocycles. The predicted molar refractivity (Wildman–Crippen MR) is 75.6 cm³/mol. The van der Waals surface area contributed by atoms with Crippen molar-refractivity contribution in [2.24, 2.45) is 0 Å². The normalized spacial score (nSPS) is 10.7. The number of nitrogens with one attached hydrogen (secondary N) is 1. The Balaban J connectivity index is 1.81. The number of carbonyl (C=O) groups is 1. The second-order valence-corrected chi connectivity index (χ2v) is 4.60. The molecule has 3 rings (SSSR count). The van der Waals surface area contributed by atoms with Crippen LogP contribution in [0, 0.1) is 0 Å². The number of rotatable bonds is 3. The van der Waals surface area contributed by atoms with E-state index in [0.717, 1.165) is 5.56 Å². The van der Waals surface area contributed by atoms with Crippen LogP contribution in [-0.4, -0.2) is 20.5 Å². The molecule has 0 spiro atoms. The highest BCUT2D eigenvalue weighted by atomic mass is 35.5. The Labute approximate surface area is 120 Å². The average Bonchev–Trinajstić information content (AvgIpc) is 2.84. The van der Waals surface area contributed by atoms with E-state index in [1.54, 1.807) is 18.5 Å². The quantitative estimate of drug-likeness (QED) is 0.804. The van der Waals surface area contributed by atoms with Gasteiger partial charge in [-0.25, -0.2) is 9.50 Å². The molecule has 0 saturated carbocycles. The van der Waals surface area contributed by atoms with Gasteiger partial charge in [0.1, 0.15) is 5.02 Å². The first-order valence-corrected chi connectivity index (χ1v) is 6.44. The van der Waals surface area contributed by atoms with E-state index >= 15 is 0 Å². The highest BCUT2D eigenvalue weighted by Crippen LogP contribution is 2.19. The van der Waals surface area contributed by atoms with Crippen LogP contribution in [0.4, 0.5) is 0 Å². The van der Waals surface area contributed by atoms with Crippen molar-refractivity contribution in [1.82, 2.24) is 19.9 Å². The van der Waals surface area contributed by atoms with Crippen LogP contribution in [0.5, 0.6) is 0 Å². The van der Waals surface area contributed by atoms with Crippen molar-refractivity contribution < 1.29 is 4.79 Å². The number of hydrogen-bond acceptors (Lipinski definition) is 3. The lowest BCUT2D eigenvalue weighted by molar-refractivity contribution is 0.0945. The maximum Gasteiger partial charge on any atom is 0.273 e. The maximum atomic E-state index is 12.1. The van der Waals surface area contributed by atoms with Crippen molar-refractivity contribution in [3.63, 3.8) is 0 Å². The number of benzene rings is 1. The van der Waals surface area contributed by atoms with Crippen molar-refractivity contribution in [1.29, 1.82) is 0 Å². The van der Waals surface area contributed by atoms with Crippen LogP contribution < -0.4 is 5.32 Å². The zero-order chi connectivity index (χ0) is 13.9. The fourth-order valence-electron chi connectivity index (χ4n) is 1.87. The second kappa shape index (κ2) is 5.30. The van der Waals surface area contributed by atoms with Gasteiger partial charge < -0.3 is 5.32 Å². The van der Waals surface area contributed by atoms with Gasteiger partial charge in [0.2, 0.25) is 0 Å². The fourth-order valence-corrected chi connectivity index (χ4v) is 2.12. The first-order valence-electron chi connectivity index (χ1n) is 6.06. The van der Waals surface area contributed by atoms with Gasteiger partial charge in [0.25, 0.3) is 5.91 Å². The Morgan fingerprint density at radius 1 is 1.25 bits per heavy atom. The first kappa shape index (κ1) is 12.6. The molecule has 3 aromatic rings. The fraction of sp³-hybridized carbons (Fsp3) is 0.0714. The van der Waals surface area contributed by atoms with E-state index in [4.69, 9.17) is 11.6 Å². The number of amides is 1. The van der Waals surface area contributed by atoms with Crippen LogP contribution in [0.15, 0.2) is 48.8 Å². The van der Waals surface area contributed by atoms with Crippen LogP contribution >= 0.6 is 11.6 Å². The molecule has 1 amide bonds. The Kier molecular flexibility index (Phi) is 3.35. The molecule has 0 bridgehead atoms. The van der Waals surface area contributed by atoms with Crippen LogP contribution in [-0.2, 0) is 6.54 Å². The molecule has 0 fully saturated rings. The third-order valence-electron chi connectivity index (χ3n) is 2.85. The van der Waals surface area contributed by atoms with E-state index in [1.807, 2.05) is 30.3 Å². The van der Waals surface area contributed by atoms with Crippen molar-refractivity contribution in [2.75, 3.05) is 0 Å². The molecule has 100 valence electrons. The molecule has 6 heteroatoms.